The van der Waals surface area contributed by atoms with Gasteiger partial charge in [-0.3, -0.25) is 9.59 Å². The molecule has 5 atom stereocenters. The second-order valence-corrected chi connectivity index (χ2v) is 15.2. The molecule has 3 fully saturated rings. The molecule has 0 spiro atoms. The number of hydrogen-bond acceptors (Lipinski definition) is 5. The molecule has 3 aliphatic rings. The van der Waals surface area contributed by atoms with E-state index in [0.29, 0.717) is 12.8 Å². The van der Waals surface area contributed by atoms with Crippen molar-refractivity contribution in [1.82, 2.24) is 0 Å². The van der Waals surface area contributed by atoms with Crippen LogP contribution in [0, 0.1) is 16.7 Å². The highest BCUT2D eigenvalue weighted by Gasteiger charge is 2.82. The summed E-state index contributed by atoms with van der Waals surface area (Å²) in [5, 5.41) is -0.00188. The van der Waals surface area contributed by atoms with E-state index in [2.05, 4.69) is 40.4 Å². The highest BCUT2D eigenvalue weighted by atomic mass is 28.4. The Balaban J connectivity index is 2.14. The first-order valence-electron chi connectivity index (χ1n) is 9.95. The van der Waals surface area contributed by atoms with Crippen LogP contribution >= 0.6 is 0 Å². The maximum absolute atomic E-state index is 13.0. The molecule has 0 radical (unpaired) electrons. The van der Waals surface area contributed by atoms with Crippen LogP contribution < -0.4 is 0 Å². The smallest absolute Gasteiger partial charge is 0.315 e. The van der Waals surface area contributed by atoms with Crippen molar-refractivity contribution in [2.24, 2.45) is 16.7 Å². The van der Waals surface area contributed by atoms with Crippen molar-refractivity contribution in [3.05, 3.63) is 12.7 Å². The molecule has 0 N–H and O–H groups in total. The van der Waals surface area contributed by atoms with Gasteiger partial charge in [0.05, 0.1) is 17.9 Å². The van der Waals surface area contributed by atoms with Crippen LogP contribution in [0.2, 0.25) is 18.1 Å². The SMILES string of the molecule is C=CCC[C@@]12OC(=O)C[C@@H]1[C@@H](O[Si](C)(C)C(C)(C)C)[C@@]1(C)C(=O)OC[C@@]21C. The number of rotatable bonds is 5. The molecule has 0 aromatic carbocycles. The van der Waals surface area contributed by atoms with E-state index in [-0.39, 0.29) is 35.6 Å². The molecule has 0 unspecified atom stereocenters. The summed E-state index contributed by atoms with van der Waals surface area (Å²) < 4.78 is 18.5. The van der Waals surface area contributed by atoms with Crippen molar-refractivity contribution in [1.29, 1.82) is 0 Å². The third kappa shape index (κ3) is 2.45. The van der Waals surface area contributed by atoms with Gasteiger partial charge in [0.1, 0.15) is 17.6 Å². The Morgan fingerprint density at radius 2 is 1.93 bits per heavy atom. The molecule has 0 bridgehead atoms. The summed E-state index contributed by atoms with van der Waals surface area (Å²) in [6.07, 6.45) is 3.13. The summed E-state index contributed by atoms with van der Waals surface area (Å²) in [4.78, 5) is 25.4. The maximum atomic E-state index is 13.0. The summed E-state index contributed by atoms with van der Waals surface area (Å²) in [6, 6.07) is 0. The number of hydrogen-bond donors (Lipinski definition) is 0. The van der Waals surface area contributed by atoms with Crippen LogP contribution in [0.4, 0.5) is 0 Å². The second-order valence-electron chi connectivity index (χ2n) is 10.4. The minimum absolute atomic E-state index is 0.00188. The van der Waals surface area contributed by atoms with Crippen LogP contribution in [-0.4, -0.2) is 38.6 Å². The fourth-order valence-electron chi connectivity index (χ4n) is 5.19. The number of cyclic esters (lactones) is 1. The first-order chi connectivity index (χ1) is 12.3. The van der Waals surface area contributed by atoms with Gasteiger partial charge in [-0.2, -0.15) is 0 Å². The van der Waals surface area contributed by atoms with Gasteiger partial charge in [0.2, 0.25) is 0 Å². The zero-order valence-corrected chi connectivity index (χ0v) is 18.8. The van der Waals surface area contributed by atoms with E-state index < -0.39 is 24.7 Å². The van der Waals surface area contributed by atoms with Crippen LogP contribution in [0.3, 0.4) is 0 Å². The van der Waals surface area contributed by atoms with E-state index in [1.807, 2.05) is 19.9 Å². The van der Waals surface area contributed by atoms with Crippen molar-refractivity contribution >= 4 is 20.3 Å². The topological polar surface area (TPSA) is 61.8 Å². The van der Waals surface area contributed by atoms with Gasteiger partial charge >= 0.3 is 11.9 Å². The van der Waals surface area contributed by atoms with Gasteiger partial charge in [-0.25, -0.2) is 0 Å². The van der Waals surface area contributed by atoms with Crippen LogP contribution in [-0.2, 0) is 23.5 Å². The van der Waals surface area contributed by atoms with Gasteiger partial charge in [0.25, 0.3) is 0 Å². The number of carbonyl (C=O) groups is 2. The molecule has 2 aliphatic heterocycles. The molecule has 0 aromatic rings. The third-order valence-corrected chi connectivity index (χ3v) is 12.6. The lowest BCUT2D eigenvalue weighted by Gasteiger charge is -2.44. The molecular formula is C21H34O5Si. The minimum atomic E-state index is -2.18. The van der Waals surface area contributed by atoms with Crippen LogP contribution in [0.15, 0.2) is 12.7 Å². The Morgan fingerprint density at radius 1 is 1.30 bits per heavy atom. The Bertz CT molecular complexity index is 681. The van der Waals surface area contributed by atoms with Crippen LogP contribution in [0.5, 0.6) is 0 Å². The van der Waals surface area contributed by atoms with Crippen molar-refractivity contribution in [3.8, 4) is 0 Å². The average molecular weight is 395 g/mol. The van der Waals surface area contributed by atoms with Gasteiger partial charge in [-0.1, -0.05) is 33.8 Å². The van der Waals surface area contributed by atoms with Crippen molar-refractivity contribution in [2.45, 2.75) is 83.7 Å². The third-order valence-electron chi connectivity index (χ3n) is 8.16. The van der Waals surface area contributed by atoms with E-state index >= 15 is 0 Å². The zero-order chi connectivity index (χ0) is 20.5. The van der Waals surface area contributed by atoms with Crippen molar-refractivity contribution in [2.75, 3.05) is 6.61 Å². The fraction of sp³-hybridized carbons (Fsp3) is 0.810. The highest BCUT2D eigenvalue weighted by molar-refractivity contribution is 6.74. The largest absolute Gasteiger partial charge is 0.464 e. The van der Waals surface area contributed by atoms with Crippen molar-refractivity contribution in [3.63, 3.8) is 0 Å². The average Bonchev–Trinajstić information content (AvgIpc) is 3.05. The minimum Gasteiger partial charge on any atom is -0.464 e. The molecule has 1 aliphatic carbocycles. The van der Waals surface area contributed by atoms with Crippen LogP contribution in [0.25, 0.3) is 0 Å². The Morgan fingerprint density at radius 3 is 2.48 bits per heavy atom. The first kappa shape index (κ1) is 20.6. The zero-order valence-electron chi connectivity index (χ0n) is 17.8. The van der Waals surface area contributed by atoms with Crippen LogP contribution in [0.1, 0.15) is 53.9 Å². The lowest BCUT2D eigenvalue weighted by Crippen LogP contribution is -2.53. The second kappa shape index (κ2) is 5.93. The lowest BCUT2D eigenvalue weighted by molar-refractivity contribution is -0.166. The standard InChI is InChI=1S/C21H34O5Si/c1-9-10-11-21-14(12-15(22)25-21)16(26-27(7,8)18(2,3)4)20(6)17(23)24-13-19(20,21)5/h9,14,16H,1,10-13H2,2-8H3/t14-,16-,19-,20+,21-/m1/s1. The van der Waals surface area contributed by atoms with E-state index in [1.165, 1.54) is 0 Å². The summed E-state index contributed by atoms with van der Waals surface area (Å²) in [5.41, 5.74) is -2.18. The van der Waals surface area contributed by atoms with Crippen molar-refractivity contribution < 1.29 is 23.5 Å². The van der Waals surface area contributed by atoms with E-state index in [9.17, 15) is 9.59 Å². The van der Waals surface area contributed by atoms with Gasteiger partial charge in [-0.15, -0.1) is 6.58 Å². The molecule has 5 nitrogen and oxygen atoms in total. The fourth-order valence-corrected chi connectivity index (χ4v) is 6.58. The number of allylic oxidation sites excluding steroid dienone is 1. The number of ether oxygens (including phenoxy) is 2. The molecular weight excluding hydrogens is 360 g/mol. The Labute approximate surface area is 163 Å². The summed E-state index contributed by atoms with van der Waals surface area (Å²) in [5.74, 6) is -0.561. The predicted octanol–water partition coefficient (Wildman–Crippen LogP) is 4.23. The lowest BCUT2D eigenvalue weighted by atomic mass is 9.62. The molecule has 152 valence electrons. The molecule has 0 amide bonds. The number of carbonyl (C=O) groups excluding carboxylic acids is 2. The molecule has 6 heteroatoms. The highest BCUT2D eigenvalue weighted by Crippen LogP contribution is 2.70. The maximum Gasteiger partial charge on any atom is 0.315 e. The van der Waals surface area contributed by atoms with Gasteiger partial charge in [-0.05, 0) is 37.9 Å². The molecule has 0 aromatic heterocycles. The Hall–Kier alpha value is -1.14. The molecule has 27 heavy (non-hydrogen) atoms. The van der Waals surface area contributed by atoms with Gasteiger partial charge < -0.3 is 13.9 Å². The summed E-state index contributed by atoms with van der Waals surface area (Å²) in [7, 11) is -2.18. The van der Waals surface area contributed by atoms with Gasteiger partial charge in [0.15, 0.2) is 8.32 Å². The number of esters is 2. The number of fused-ring (bicyclic) bond motifs is 3. The van der Waals surface area contributed by atoms with E-state index in [0.717, 1.165) is 6.42 Å². The molecule has 2 heterocycles. The normalized spacial score (nSPS) is 41.1. The first-order valence-corrected chi connectivity index (χ1v) is 12.9. The van der Waals surface area contributed by atoms with Gasteiger partial charge in [0, 0.05) is 5.92 Å². The van der Waals surface area contributed by atoms with E-state index in [4.69, 9.17) is 13.9 Å². The molecule has 2 saturated heterocycles. The summed E-state index contributed by atoms with van der Waals surface area (Å²) in [6.45, 7) is 19.0. The predicted molar refractivity (Wildman–Crippen MR) is 106 cm³/mol. The summed E-state index contributed by atoms with van der Waals surface area (Å²) >= 11 is 0. The quantitative estimate of drug-likeness (QED) is 0.397. The van der Waals surface area contributed by atoms with E-state index in [1.54, 1.807) is 0 Å². The molecule has 1 saturated carbocycles. The Kier molecular flexibility index (Phi) is 4.52. The molecule has 3 rings (SSSR count). The monoisotopic (exact) mass is 394 g/mol.